The largest absolute Gasteiger partial charge is 0.356 e. The standard InChI is InChI=1S/C26H31N3O3/c30-24(28-16-13-21-9-4-5-10-22(21)18-28)11-6-14-27-26(32)23-17-25(31)29(19-23)15-12-20-7-2-1-3-8-20/h1-5,7-10,23H,6,11-19H2,(H,27,32). The summed E-state index contributed by atoms with van der Waals surface area (Å²) in [5.41, 5.74) is 3.74. The molecule has 0 radical (unpaired) electrons. The van der Waals surface area contributed by atoms with Gasteiger partial charge in [0.1, 0.15) is 0 Å². The van der Waals surface area contributed by atoms with Crippen molar-refractivity contribution in [3.63, 3.8) is 0 Å². The van der Waals surface area contributed by atoms with E-state index in [4.69, 9.17) is 0 Å². The van der Waals surface area contributed by atoms with Crippen LogP contribution in [0.25, 0.3) is 0 Å². The van der Waals surface area contributed by atoms with E-state index in [0.717, 1.165) is 19.4 Å². The maximum absolute atomic E-state index is 12.5. The number of rotatable bonds is 8. The second kappa shape index (κ2) is 10.4. The lowest BCUT2D eigenvalue weighted by molar-refractivity contribution is -0.132. The van der Waals surface area contributed by atoms with Crippen LogP contribution in [0, 0.1) is 5.92 Å². The van der Waals surface area contributed by atoms with Crippen molar-refractivity contribution >= 4 is 17.7 Å². The molecule has 2 aromatic carbocycles. The molecule has 6 nitrogen and oxygen atoms in total. The highest BCUT2D eigenvalue weighted by molar-refractivity contribution is 5.89. The minimum Gasteiger partial charge on any atom is -0.356 e. The highest BCUT2D eigenvalue weighted by Gasteiger charge is 2.33. The summed E-state index contributed by atoms with van der Waals surface area (Å²) in [6.45, 7) is 3.00. The zero-order valence-corrected chi connectivity index (χ0v) is 18.5. The van der Waals surface area contributed by atoms with E-state index in [-0.39, 0.29) is 30.1 Å². The molecule has 0 spiro atoms. The minimum absolute atomic E-state index is 0.0432. The number of carbonyl (C=O) groups excluding carboxylic acids is 3. The minimum atomic E-state index is -0.299. The lowest BCUT2D eigenvalue weighted by Crippen LogP contribution is -2.37. The average molecular weight is 434 g/mol. The molecule has 6 heteroatoms. The first kappa shape index (κ1) is 22.1. The molecule has 0 aliphatic carbocycles. The van der Waals surface area contributed by atoms with E-state index in [1.54, 1.807) is 4.90 Å². The zero-order valence-electron chi connectivity index (χ0n) is 18.5. The topological polar surface area (TPSA) is 69.7 Å². The lowest BCUT2D eigenvalue weighted by Gasteiger charge is -2.29. The molecule has 1 fully saturated rings. The molecule has 2 aliphatic heterocycles. The van der Waals surface area contributed by atoms with Gasteiger partial charge in [0.15, 0.2) is 0 Å². The third-order valence-electron chi connectivity index (χ3n) is 6.45. The summed E-state index contributed by atoms with van der Waals surface area (Å²) in [5, 5.41) is 2.92. The van der Waals surface area contributed by atoms with Gasteiger partial charge in [-0.05, 0) is 36.0 Å². The molecule has 3 amide bonds. The molecular weight excluding hydrogens is 402 g/mol. The van der Waals surface area contributed by atoms with Crippen LogP contribution in [0.15, 0.2) is 54.6 Å². The van der Waals surface area contributed by atoms with Gasteiger partial charge in [-0.15, -0.1) is 0 Å². The second-order valence-electron chi connectivity index (χ2n) is 8.70. The quantitative estimate of drug-likeness (QED) is 0.651. The molecule has 1 atom stereocenters. The van der Waals surface area contributed by atoms with Gasteiger partial charge in [-0.25, -0.2) is 0 Å². The summed E-state index contributed by atoms with van der Waals surface area (Å²) in [5.74, 6) is -0.203. The Morgan fingerprint density at radius 2 is 1.75 bits per heavy atom. The molecule has 2 aromatic rings. The fraction of sp³-hybridized carbons (Fsp3) is 0.423. The van der Waals surface area contributed by atoms with Crippen molar-refractivity contribution in [1.82, 2.24) is 15.1 Å². The Morgan fingerprint density at radius 1 is 1.00 bits per heavy atom. The smallest absolute Gasteiger partial charge is 0.225 e. The number of amides is 3. The second-order valence-corrected chi connectivity index (χ2v) is 8.70. The molecular formula is C26H31N3O3. The number of hydrogen-bond acceptors (Lipinski definition) is 3. The summed E-state index contributed by atoms with van der Waals surface area (Å²) in [6.07, 6.45) is 3.00. The Labute approximate surface area is 189 Å². The third kappa shape index (κ3) is 5.55. The van der Waals surface area contributed by atoms with Crippen LogP contribution >= 0.6 is 0 Å². The van der Waals surface area contributed by atoms with Gasteiger partial charge in [-0.1, -0.05) is 54.6 Å². The van der Waals surface area contributed by atoms with Crippen molar-refractivity contribution in [2.75, 3.05) is 26.2 Å². The number of nitrogens with zero attached hydrogens (tertiary/aromatic N) is 2. The predicted octanol–water partition coefficient (Wildman–Crippen LogP) is 2.56. The average Bonchev–Trinajstić information content (AvgIpc) is 3.21. The van der Waals surface area contributed by atoms with Crippen molar-refractivity contribution in [2.24, 2.45) is 5.92 Å². The summed E-state index contributed by atoms with van der Waals surface area (Å²) in [4.78, 5) is 41.0. The van der Waals surface area contributed by atoms with Gasteiger partial charge in [0.05, 0.1) is 5.92 Å². The molecule has 1 unspecified atom stereocenters. The fourth-order valence-corrected chi connectivity index (χ4v) is 4.53. The molecule has 2 aliphatic rings. The number of benzene rings is 2. The Balaban J connectivity index is 1.15. The van der Waals surface area contributed by atoms with E-state index >= 15 is 0 Å². The molecule has 4 rings (SSSR count). The van der Waals surface area contributed by atoms with Crippen LogP contribution in [-0.4, -0.2) is 53.7 Å². The van der Waals surface area contributed by atoms with Gasteiger partial charge in [0.2, 0.25) is 17.7 Å². The summed E-state index contributed by atoms with van der Waals surface area (Å²) in [7, 11) is 0. The van der Waals surface area contributed by atoms with Crippen LogP contribution in [0.4, 0.5) is 0 Å². The number of fused-ring (bicyclic) bond motifs is 1. The van der Waals surface area contributed by atoms with Crippen LogP contribution in [0.5, 0.6) is 0 Å². The Hall–Kier alpha value is -3.15. The molecule has 1 N–H and O–H groups in total. The Bertz CT molecular complexity index is 960. The first-order valence-electron chi connectivity index (χ1n) is 11.5. The normalized spacial score (nSPS) is 17.9. The van der Waals surface area contributed by atoms with Gasteiger partial charge in [0.25, 0.3) is 0 Å². The molecule has 168 valence electrons. The molecule has 0 bridgehead atoms. The van der Waals surface area contributed by atoms with Crippen LogP contribution in [0.3, 0.4) is 0 Å². The monoisotopic (exact) mass is 433 g/mol. The first-order valence-corrected chi connectivity index (χ1v) is 11.5. The molecule has 0 saturated carbocycles. The SMILES string of the molecule is O=C(NCCCC(=O)N1CCc2ccccc2C1)C1CC(=O)N(CCc2ccccc2)C1. The third-order valence-corrected chi connectivity index (χ3v) is 6.45. The van der Waals surface area contributed by atoms with E-state index < -0.39 is 0 Å². The molecule has 32 heavy (non-hydrogen) atoms. The number of nitrogens with one attached hydrogen (secondary N) is 1. The maximum atomic E-state index is 12.5. The predicted molar refractivity (Wildman–Crippen MR) is 123 cm³/mol. The van der Waals surface area contributed by atoms with E-state index in [0.29, 0.717) is 39.0 Å². The maximum Gasteiger partial charge on any atom is 0.225 e. The van der Waals surface area contributed by atoms with Crippen molar-refractivity contribution < 1.29 is 14.4 Å². The number of hydrogen-bond donors (Lipinski definition) is 1. The van der Waals surface area contributed by atoms with Crippen LogP contribution in [0.2, 0.25) is 0 Å². The van der Waals surface area contributed by atoms with Crippen LogP contribution in [-0.2, 0) is 33.8 Å². The molecule has 0 aromatic heterocycles. The van der Waals surface area contributed by atoms with Gasteiger partial charge >= 0.3 is 0 Å². The van der Waals surface area contributed by atoms with Crippen molar-refractivity contribution in [1.29, 1.82) is 0 Å². The molecule has 2 heterocycles. The summed E-state index contributed by atoms with van der Waals surface area (Å²) >= 11 is 0. The van der Waals surface area contributed by atoms with E-state index in [9.17, 15) is 14.4 Å². The number of likely N-dealkylation sites (tertiary alicyclic amines) is 1. The molecule has 1 saturated heterocycles. The van der Waals surface area contributed by atoms with Gasteiger partial charge < -0.3 is 15.1 Å². The Morgan fingerprint density at radius 3 is 2.56 bits per heavy atom. The highest BCUT2D eigenvalue weighted by atomic mass is 16.2. The number of carbonyl (C=O) groups is 3. The van der Waals surface area contributed by atoms with Crippen molar-refractivity contribution in [3.05, 3.63) is 71.3 Å². The highest BCUT2D eigenvalue weighted by Crippen LogP contribution is 2.20. The summed E-state index contributed by atoms with van der Waals surface area (Å²) < 4.78 is 0. The first-order chi connectivity index (χ1) is 15.6. The Kier molecular flexibility index (Phi) is 7.20. The van der Waals surface area contributed by atoms with Crippen LogP contribution < -0.4 is 5.32 Å². The lowest BCUT2D eigenvalue weighted by atomic mass is 9.99. The van der Waals surface area contributed by atoms with Gasteiger partial charge in [-0.3, -0.25) is 14.4 Å². The van der Waals surface area contributed by atoms with Crippen molar-refractivity contribution in [3.8, 4) is 0 Å². The van der Waals surface area contributed by atoms with Gasteiger partial charge in [0, 0.05) is 45.6 Å². The fourth-order valence-electron chi connectivity index (χ4n) is 4.53. The summed E-state index contributed by atoms with van der Waals surface area (Å²) in [6, 6.07) is 18.3. The van der Waals surface area contributed by atoms with E-state index in [2.05, 4.69) is 29.6 Å². The zero-order chi connectivity index (χ0) is 22.3. The van der Waals surface area contributed by atoms with Crippen LogP contribution in [0.1, 0.15) is 36.0 Å². The van der Waals surface area contributed by atoms with Crippen molar-refractivity contribution in [2.45, 2.75) is 38.6 Å². The van der Waals surface area contributed by atoms with E-state index in [1.807, 2.05) is 35.2 Å². The van der Waals surface area contributed by atoms with E-state index in [1.165, 1.54) is 16.7 Å². The van der Waals surface area contributed by atoms with Gasteiger partial charge in [-0.2, -0.15) is 0 Å².